The van der Waals surface area contributed by atoms with Crippen LogP contribution in [0.25, 0.3) is 10.6 Å². The number of amides is 1. The lowest BCUT2D eigenvalue weighted by Gasteiger charge is -2.43. The summed E-state index contributed by atoms with van der Waals surface area (Å²) in [7, 11) is 2.15. The van der Waals surface area contributed by atoms with Crippen LogP contribution in [0.1, 0.15) is 41.6 Å². The van der Waals surface area contributed by atoms with E-state index in [2.05, 4.69) is 52.0 Å². The number of rotatable bonds is 6. The highest BCUT2D eigenvalue weighted by Gasteiger charge is 2.38. The molecule has 8 nitrogen and oxygen atoms in total. The van der Waals surface area contributed by atoms with E-state index in [1.54, 1.807) is 11.0 Å². The van der Waals surface area contributed by atoms with Crippen LogP contribution in [0.2, 0.25) is 0 Å². The van der Waals surface area contributed by atoms with Gasteiger partial charge in [-0.1, -0.05) is 6.92 Å². The van der Waals surface area contributed by atoms with Crippen molar-refractivity contribution in [1.82, 2.24) is 19.8 Å². The van der Waals surface area contributed by atoms with Gasteiger partial charge in [0.05, 0.1) is 29.8 Å². The average Bonchev–Trinajstić information content (AvgIpc) is 3.31. The van der Waals surface area contributed by atoms with Crippen molar-refractivity contribution < 1.29 is 22.7 Å². The first-order valence-corrected chi connectivity index (χ1v) is 16.3. The van der Waals surface area contributed by atoms with E-state index >= 15 is 0 Å². The maximum atomic E-state index is 14.2. The molecule has 0 radical (unpaired) electrons. The number of aryl methyl sites for hydroxylation is 1. The number of thioether (sulfide) groups is 1. The number of benzene rings is 1. The standard InChI is InChI=1S/C30H35F3N6O2S2/c1-5-19-10-20(38-13-17(2)37(4)18(3)14-38)6-7-23(19)35-29-34-12-22(30(31,32)33)26(36-29)24-11-25-27(43-24)28(40)39(8-9-42-25)21-15-41-16-21/h6-7,10-12,17-18,21H,5,8-9,13-16H2,1-4H3,(H,34,35,36)/t17-,18+. The number of hydrogen-bond donors (Lipinski definition) is 1. The summed E-state index contributed by atoms with van der Waals surface area (Å²) in [6.07, 6.45) is -3.10. The summed E-state index contributed by atoms with van der Waals surface area (Å²) in [4.78, 5) is 29.8. The maximum Gasteiger partial charge on any atom is 0.420 e. The predicted molar refractivity (Wildman–Crippen MR) is 165 cm³/mol. The molecule has 2 saturated heterocycles. The number of likely N-dealkylation sites (N-methyl/N-ethyl adjacent to an activating group) is 1. The number of fused-ring (bicyclic) bond motifs is 1. The highest BCUT2D eigenvalue weighted by atomic mass is 32.2. The third kappa shape index (κ3) is 5.96. The molecule has 2 aromatic heterocycles. The van der Waals surface area contributed by atoms with Crippen molar-refractivity contribution in [3.63, 3.8) is 0 Å². The molecule has 13 heteroatoms. The van der Waals surface area contributed by atoms with Gasteiger partial charge in [-0.15, -0.1) is 23.1 Å². The first-order valence-electron chi connectivity index (χ1n) is 14.5. The Balaban J connectivity index is 1.30. The molecule has 0 saturated carbocycles. The largest absolute Gasteiger partial charge is 0.420 e. The summed E-state index contributed by atoms with van der Waals surface area (Å²) in [5, 5.41) is 3.18. The number of hydrogen-bond acceptors (Lipinski definition) is 9. The fourth-order valence-corrected chi connectivity index (χ4v) is 8.07. The smallest absolute Gasteiger partial charge is 0.377 e. The second-order valence-corrected chi connectivity index (χ2v) is 13.6. The van der Waals surface area contributed by atoms with Crippen molar-refractivity contribution in [2.45, 2.75) is 56.4 Å². The number of nitrogens with zero attached hydrogens (tertiary/aromatic N) is 5. The molecule has 0 bridgehead atoms. The van der Waals surface area contributed by atoms with E-state index in [4.69, 9.17) is 4.74 Å². The van der Waals surface area contributed by atoms with Crippen LogP contribution in [0.4, 0.5) is 30.5 Å². The van der Waals surface area contributed by atoms with E-state index in [-0.39, 0.29) is 23.6 Å². The van der Waals surface area contributed by atoms with Gasteiger partial charge in [-0.2, -0.15) is 13.2 Å². The lowest BCUT2D eigenvalue weighted by molar-refractivity contribution is -0.137. The predicted octanol–water partition coefficient (Wildman–Crippen LogP) is 6.01. The molecule has 3 aliphatic heterocycles. The quantitative estimate of drug-likeness (QED) is 0.355. The topological polar surface area (TPSA) is 73.8 Å². The van der Waals surface area contributed by atoms with E-state index < -0.39 is 11.7 Å². The maximum absolute atomic E-state index is 14.2. The van der Waals surface area contributed by atoms with Gasteiger partial charge in [-0.3, -0.25) is 9.69 Å². The second kappa shape index (κ2) is 11.9. The van der Waals surface area contributed by atoms with E-state index in [0.29, 0.717) is 52.2 Å². The van der Waals surface area contributed by atoms with Crippen molar-refractivity contribution in [2.75, 3.05) is 55.9 Å². The molecule has 0 aliphatic carbocycles. The van der Waals surface area contributed by atoms with E-state index in [0.717, 1.165) is 54.0 Å². The highest BCUT2D eigenvalue weighted by Crippen LogP contribution is 2.44. The monoisotopic (exact) mass is 632 g/mol. The van der Waals surface area contributed by atoms with Gasteiger partial charge < -0.3 is 19.9 Å². The van der Waals surface area contributed by atoms with Crippen LogP contribution in [0.15, 0.2) is 35.4 Å². The third-order valence-corrected chi connectivity index (χ3v) is 10.9. The molecule has 0 spiro atoms. The summed E-state index contributed by atoms with van der Waals surface area (Å²) in [6.45, 7) is 9.87. The molecule has 230 valence electrons. The average molecular weight is 633 g/mol. The SMILES string of the molecule is CCc1cc(N2C[C@@H](C)N(C)[C@@H](C)C2)ccc1Nc1ncc(C(F)(F)F)c(-c2cc3c(s2)C(=O)N(C2COC2)CCS3)n1. The van der Waals surface area contributed by atoms with Crippen LogP contribution in [0, 0.1) is 0 Å². The number of thiophene rings is 1. The van der Waals surface area contributed by atoms with Gasteiger partial charge in [0.25, 0.3) is 5.91 Å². The van der Waals surface area contributed by atoms with Gasteiger partial charge in [0, 0.05) is 59.9 Å². The zero-order chi connectivity index (χ0) is 30.5. The second-order valence-electron chi connectivity index (χ2n) is 11.4. The van der Waals surface area contributed by atoms with Crippen LogP contribution in [0.3, 0.4) is 0 Å². The zero-order valence-corrected chi connectivity index (χ0v) is 26.2. The van der Waals surface area contributed by atoms with Crippen LogP contribution in [-0.2, 0) is 17.3 Å². The van der Waals surface area contributed by atoms with Crippen molar-refractivity contribution in [1.29, 1.82) is 0 Å². The molecule has 0 unspecified atom stereocenters. The first kappa shape index (κ1) is 30.2. The molecule has 3 aromatic rings. The number of piperazine rings is 1. The molecule has 5 heterocycles. The Morgan fingerprint density at radius 3 is 2.53 bits per heavy atom. The van der Waals surface area contributed by atoms with Gasteiger partial charge in [-0.05, 0) is 57.1 Å². The Morgan fingerprint density at radius 1 is 1.14 bits per heavy atom. The lowest BCUT2D eigenvalue weighted by Crippen LogP contribution is -2.55. The van der Waals surface area contributed by atoms with Gasteiger partial charge in [-0.25, -0.2) is 9.97 Å². The molecule has 43 heavy (non-hydrogen) atoms. The normalized spacial score (nSPS) is 21.9. The van der Waals surface area contributed by atoms with Crippen LogP contribution < -0.4 is 10.2 Å². The number of carbonyl (C=O) groups excluding carboxylic acids is 1. The lowest BCUT2D eigenvalue weighted by atomic mass is 10.1. The van der Waals surface area contributed by atoms with Gasteiger partial charge in [0.2, 0.25) is 5.95 Å². The fourth-order valence-electron chi connectivity index (χ4n) is 5.75. The summed E-state index contributed by atoms with van der Waals surface area (Å²) >= 11 is 2.54. The first-order chi connectivity index (χ1) is 20.5. The Morgan fingerprint density at radius 2 is 1.88 bits per heavy atom. The van der Waals surface area contributed by atoms with E-state index in [1.165, 1.54) is 11.8 Å². The molecule has 2 atom stereocenters. The molecule has 1 aromatic carbocycles. The summed E-state index contributed by atoms with van der Waals surface area (Å²) in [6, 6.07) is 8.63. The molecule has 6 rings (SSSR count). The fraction of sp³-hybridized carbons (Fsp3) is 0.500. The summed E-state index contributed by atoms with van der Waals surface area (Å²) in [5.41, 5.74) is 1.73. The Labute approximate surface area is 257 Å². The van der Waals surface area contributed by atoms with Gasteiger partial charge in [0.1, 0.15) is 10.4 Å². The molecular weight excluding hydrogens is 597 g/mol. The number of carbonyl (C=O) groups is 1. The van der Waals surface area contributed by atoms with Crippen molar-refractivity contribution in [2.24, 2.45) is 0 Å². The van der Waals surface area contributed by atoms with Crippen LogP contribution in [-0.4, -0.2) is 89.4 Å². The number of ether oxygens (including phenoxy) is 1. The number of nitrogens with one attached hydrogen (secondary N) is 1. The zero-order valence-electron chi connectivity index (χ0n) is 24.6. The number of halogens is 3. The minimum absolute atomic E-state index is 0.00684. The Hall–Kier alpha value is -2.87. The number of anilines is 3. The van der Waals surface area contributed by atoms with Crippen LogP contribution >= 0.6 is 23.1 Å². The summed E-state index contributed by atoms with van der Waals surface area (Å²) in [5.74, 6) is 0.570. The summed E-state index contributed by atoms with van der Waals surface area (Å²) < 4.78 is 47.8. The van der Waals surface area contributed by atoms with Gasteiger partial charge in [0.15, 0.2) is 0 Å². The number of aromatic nitrogens is 2. The molecule has 3 aliphatic rings. The molecular formula is C30H35F3N6O2S2. The van der Waals surface area contributed by atoms with E-state index in [9.17, 15) is 18.0 Å². The van der Waals surface area contributed by atoms with Crippen molar-refractivity contribution in [3.8, 4) is 10.6 Å². The van der Waals surface area contributed by atoms with Crippen LogP contribution in [0.5, 0.6) is 0 Å². The minimum atomic E-state index is -4.66. The Bertz CT molecular complexity index is 1500. The Kier molecular flexibility index (Phi) is 8.35. The highest BCUT2D eigenvalue weighted by molar-refractivity contribution is 7.99. The van der Waals surface area contributed by atoms with Gasteiger partial charge >= 0.3 is 6.18 Å². The minimum Gasteiger partial charge on any atom is -0.377 e. The number of alkyl halides is 3. The molecule has 1 amide bonds. The third-order valence-electron chi connectivity index (χ3n) is 8.57. The molecule has 2 fully saturated rings. The van der Waals surface area contributed by atoms with Crippen molar-refractivity contribution in [3.05, 3.63) is 46.5 Å². The van der Waals surface area contributed by atoms with Crippen molar-refractivity contribution >= 4 is 46.3 Å². The molecule has 1 N–H and O–H groups in total. The van der Waals surface area contributed by atoms with E-state index in [1.807, 2.05) is 19.1 Å².